The van der Waals surface area contributed by atoms with Crippen LogP contribution in [-0.2, 0) is 16.4 Å². The van der Waals surface area contributed by atoms with Crippen LogP contribution in [0.3, 0.4) is 0 Å². The fourth-order valence-electron chi connectivity index (χ4n) is 4.68. The molecule has 0 unspecified atom stereocenters. The van der Waals surface area contributed by atoms with Crippen molar-refractivity contribution in [2.24, 2.45) is 0 Å². The zero-order chi connectivity index (χ0) is 23.2. The van der Waals surface area contributed by atoms with E-state index in [1.807, 2.05) is 19.9 Å². The molecule has 0 radical (unpaired) electrons. The van der Waals surface area contributed by atoms with Crippen molar-refractivity contribution in [2.75, 3.05) is 24.5 Å². The van der Waals surface area contributed by atoms with E-state index in [0.29, 0.717) is 35.9 Å². The van der Waals surface area contributed by atoms with Crippen molar-refractivity contribution in [3.63, 3.8) is 0 Å². The first-order chi connectivity index (χ1) is 15.8. The van der Waals surface area contributed by atoms with Crippen LogP contribution in [0.2, 0.25) is 0 Å². The molecule has 0 bridgehead atoms. The number of nitrogens with zero attached hydrogens (tertiary/aromatic N) is 5. The minimum atomic E-state index is -3.48. The lowest BCUT2D eigenvalue weighted by Gasteiger charge is -2.30. The summed E-state index contributed by atoms with van der Waals surface area (Å²) in [7, 11) is -3.48. The molecule has 0 N–H and O–H groups in total. The number of hydrogen-bond donors (Lipinski definition) is 0. The number of aromatic nitrogens is 3. The summed E-state index contributed by atoms with van der Waals surface area (Å²) in [5.41, 5.74) is 4.03. The molecule has 8 nitrogen and oxygen atoms in total. The molecule has 1 fully saturated rings. The number of pyridine rings is 1. The highest BCUT2D eigenvalue weighted by atomic mass is 32.2. The predicted molar refractivity (Wildman–Crippen MR) is 125 cm³/mol. The van der Waals surface area contributed by atoms with Crippen molar-refractivity contribution < 1.29 is 13.2 Å². The Morgan fingerprint density at radius 3 is 2.42 bits per heavy atom. The lowest BCUT2D eigenvalue weighted by Crippen LogP contribution is -2.36. The van der Waals surface area contributed by atoms with Crippen LogP contribution in [0.1, 0.15) is 46.6 Å². The highest BCUT2D eigenvalue weighted by Gasteiger charge is 2.30. The monoisotopic (exact) mass is 465 g/mol. The fourth-order valence-corrected chi connectivity index (χ4v) is 6.25. The smallest absolute Gasteiger partial charge is 0.259 e. The number of sulfonamides is 1. The Kier molecular flexibility index (Phi) is 5.54. The molecule has 9 heteroatoms. The van der Waals surface area contributed by atoms with Crippen molar-refractivity contribution in [1.29, 1.82) is 0 Å². The Balaban J connectivity index is 1.41. The predicted octanol–water partition coefficient (Wildman–Crippen LogP) is 3.26. The third-order valence-electron chi connectivity index (χ3n) is 6.34. The molecule has 2 aromatic heterocycles. The summed E-state index contributed by atoms with van der Waals surface area (Å²) in [4.78, 5) is 19.8. The van der Waals surface area contributed by atoms with Gasteiger partial charge in [0.05, 0.1) is 16.2 Å². The van der Waals surface area contributed by atoms with Gasteiger partial charge in [0.15, 0.2) is 5.82 Å². The molecular formula is C24H27N5O3S. The lowest BCUT2D eigenvalue weighted by atomic mass is 10.0. The van der Waals surface area contributed by atoms with E-state index in [-0.39, 0.29) is 5.91 Å². The summed E-state index contributed by atoms with van der Waals surface area (Å²) < 4.78 is 29.2. The van der Waals surface area contributed by atoms with Crippen LogP contribution in [0, 0.1) is 13.8 Å². The van der Waals surface area contributed by atoms with Gasteiger partial charge < -0.3 is 4.90 Å². The molecule has 0 spiro atoms. The summed E-state index contributed by atoms with van der Waals surface area (Å²) in [5.74, 6) is 0.520. The third kappa shape index (κ3) is 3.95. The fraction of sp³-hybridized carbons (Fsp3) is 0.375. The third-order valence-corrected chi connectivity index (χ3v) is 8.23. The van der Waals surface area contributed by atoms with Gasteiger partial charge in [-0.1, -0.05) is 0 Å². The lowest BCUT2D eigenvalue weighted by molar-refractivity contribution is 0.0984. The number of hydrogen-bond acceptors (Lipinski definition) is 5. The van der Waals surface area contributed by atoms with Crippen molar-refractivity contribution >= 4 is 21.6 Å². The molecular weight excluding hydrogens is 438 g/mol. The van der Waals surface area contributed by atoms with Gasteiger partial charge in [-0.25, -0.2) is 18.1 Å². The molecule has 1 aromatic carbocycles. The van der Waals surface area contributed by atoms with Gasteiger partial charge in [-0.15, -0.1) is 0 Å². The molecule has 33 heavy (non-hydrogen) atoms. The van der Waals surface area contributed by atoms with Crippen LogP contribution >= 0.6 is 0 Å². The van der Waals surface area contributed by atoms with E-state index in [1.54, 1.807) is 50.4 Å². The van der Waals surface area contributed by atoms with Gasteiger partial charge in [0.1, 0.15) is 0 Å². The average molecular weight is 466 g/mol. The Labute approximate surface area is 193 Å². The van der Waals surface area contributed by atoms with Gasteiger partial charge >= 0.3 is 0 Å². The van der Waals surface area contributed by atoms with Gasteiger partial charge in [-0.2, -0.15) is 9.40 Å². The van der Waals surface area contributed by atoms with Gasteiger partial charge in [-0.05, 0) is 81.5 Å². The first kappa shape index (κ1) is 21.8. The second-order valence-corrected chi connectivity index (χ2v) is 10.6. The normalized spacial score (nSPS) is 16.7. The SMILES string of the molecule is Cc1cc(C)n(-c2ccc(C(=O)N3CCCc4cc(S(=O)(=O)N5CCCC5)ccc43)cn2)n1. The van der Waals surface area contributed by atoms with Crippen molar-refractivity contribution in [1.82, 2.24) is 19.1 Å². The maximum atomic E-state index is 13.3. The minimum absolute atomic E-state index is 0.140. The summed E-state index contributed by atoms with van der Waals surface area (Å²) in [6.45, 7) is 5.62. The average Bonchev–Trinajstić information content (AvgIpc) is 3.48. The van der Waals surface area contributed by atoms with E-state index in [2.05, 4.69) is 10.1 Å². The van der Waals surface area contributed by atoms with Gasteiger partial charge in [0.25, 0.3) is 5.91 Å². The second kappa shape index (κ2) is 8.39. The van der Waals surface area contributed by atoms with Gasteiger partial charge in [0.2, 0.25) is 10.0 Å². The van der Waals surface area contributed by atoms with Gasteiger partial charge in [-0.3, -0.25) is 4.79 Å². The van der Waals surface area contributed by atoms with E-state index >= 15 is 0 Å². The minimum Gasteiger partial charge on any atom is -0.308 e. The van der Waals surface area contributed by atoms with Crippen LogP contribution in [-0.4, -0.2) is 53.0 Å². The van der Waals surface area contributed by atoms with Crippen molar-refractivity contribution in [2.45, 2.75) is 44.4 Å². The summed E-state index contributed by atoms with van der Waals surface area (Å²) in [6, 6.07) is 10.7. The molecule has 5 rings (SSSR count). The number of aryl methyl sites for hydroxylation is 3. The van der Waals surface area contributed by atoms with Crippen LogP contribution < -0.4 is 4.90 Å². The van der Waals surface area contributed by atoms with E-state index in [0.717, 1.165) is 48.3 Å². The number of fused-ring (bicyclic) bond motifs is 1. The zero-order valence-electron chi connectivity index (χ0n) is 18.9. The van der Waals surface area contributed by atoms with Crippen LogP contribution in [0.25, 0.3) is 5.82 Å². The number of rotatable bonds is 4. The summed E-state index contributed by atoms with van der Waals surface area (Å²) in [6.07, 6.45) is 4.91. The molecule has 0 aliphatic carbocycles. The van der Waals surface area contributed by atoms with Crippen LogP contribution in [0.4, 0.5) is 5.69 Å². The summed E-state index contributed by atoms with van der Waals surface area (Å²) >= 11 is 0. The molecule has 0 saturated carbocycles. The van der Waals surface area contributed by atoms with E-state index in [1.165, 1.54) is 0 Å². The topological polar surface area (TPSA) is 88.4 Å². The van der Waals surface area contributed by atoms with Gasteiger partial charge in [0, 0.05) is 37.2 Å². The van der Waals surface area contributed by atoms with Crippen LogP contribution in [0.15, 0.2) is 47.5 Å². The maximum Gasteiger partial charge on any atom is 0.259 e. The van der Waals surface area contributed by atoms with E-state index in [4.69, 9.17) is 0 Å². The highest BCUT2D eigenvalue weighted by molar-refractivity contribution is 7.89. The van der Waals surface area contributed by atoms with E-state index < -0.39 is 10.0 Å². The Hall–Kier alpha value is -3.04. The van der Waals surface area contributed by atoms with Crippen LogP contribution in [0.5, 0.6) is 0 Å². The molecule has 3 aromatic rings. The highest BCUT2D eigenvalue weighted by Crippen LogP contribution is 2.32. The number of benzene rings is 1. The second-order valence-electron chi connectivity index (χ2n) is 8.71. The van der Waals surface area contributed by atoms with Crippen molar-refractivity contribution in [3.05, 3.63) is 65.1 Å². The number of carbonyl (C=O) groups excluding carboxylic acids is 1. The van der Waals surface area contributed by atoms with Crippen molar-refractivity contribution in [3.8, 4) is 5.82 Å². The summed E-state index contributed by atoms with van der Waals surface area (Å²) in [5, 5.41) is 4.44. The van der Waals surface area contributed by atoms with E-state index in [9.17, 15) is 13.2 Å². The molecule has 2 aliphatic heterocycles. The Morgan fingerprint density at radius 2 is 1.76 bits per heavy atom. The first-order valence-electron chi connectivity index (χ1n) is 11.3. The molecule has 172 valence electrons. The maximum absolute atomic E-state index is 13.3. The molecule has 1 saturated heterocycles. The zero-order valence-corrected chi connectivity index (χ0v) is 19.7. The Morgan fingerprint density at radius 1 is 0.970 bits per heavy atom. The Bertz CT molecular complexity index is 1310. The molecule has 2 aliphatic rings. The number of amides is 1. The molecule has 0 atom stereocenters. The molecule has 4 heterocycles. The molecule has 1 amide bonds. The largest absolute Gasteiger partial charge is 0.308 e. The quantitative estimate of drug-likeness (QED) is 0.590. The standard InChI is InChI=1S/C24H27N5O3S/c1-17-14-18(2)29(26-17)23-10-7-20(16-25-23)24(30)28-13-5-6-19-15-21(8-9-22(19)28)33(31,32)27-11-3-4-12-27/h7-10,14-16H,3-6,11-13H2,1-2H3. The number of anilines is 1. The first-order valence-corrected chi connectivity index (χ1v) is 12.7. The number of carbonyl (C=O) groups is 1.